The van der Waals surface area contributed by atoms with Gasteiger partial charge in [-0.2, -0.15) is 0 Å². The number of H-pyrrole nitrogens is 1. The number of aromatic nitrogens is 1. The summed E-state index contributed by atoms with van der Waals surface area (Å²) in [5.74, 6) is 0. The second-order valence-electron chi connectivity index (χ2n) is 5.60. The smallest absolute Gasteiger partial charge is 0.0457 e. The zero-order valence-electron chi connectivity index (χ0n) is 12.7. The number of fused-ring (bicyclic) bond motifs is 1. The van der Waals surface area contributed by atoms with E-state index in [4.69, 9.17) is 0 Å². The fourth-order valence-corrected chi connectivity index (χ4v) is 2.64. The van der Waals surface area contributed by atoms with Crippen LogP contribution in [0.2, 0.25) is 0 Å². The van der Waals surface area contributed by atoms with Crippen LogP contribution in [0.4, 0.5) is 0 Å². The monoisotopic (exact) mass is 278 g/mol. The zero-order valence-corrected chi connectivity index (χ0v) is 12.7. The molecule has 2 heteroatoms. The third kappa shape index (κ3) is 3.17. The molecule has 2 nitrogen and oxygen atoms in total. The van der Waals surface area contributed by atoms with Crippen molar-refractivity contribution in [1.29, 1.82) is 0 Å². The van der Waals surface area contributed by atoms with Gasteiger partial charge in [-0.1, -0.05) is 43.3 Å². The van der Waals surface area contributed by atoms with Crippen LogP contribution in [-0.4, -0.2) is 4.98 Å². The van der Waals surface area contributed by atoms with Crippen LogP contribution in [0.1, 0.15) is 36.6 Å². The third-order valence-corrected chi connectivity index (χ3v) is 4.12. The molecule has 2 N–H and O–H groups in total. The highest BCUT2D eigenvalue weighted by molar-refractivity contribution is 5.79. The predicted octanol–water partition coefficient (Wildman–Crippen LogP) is 4.58. The van der Waals surface area contributed by atoms with Crippen molar-refractivity contribution < 1.29 is 0 Å². The van der Waals surface area contributed by atoms with Gasteiger partial charge in [-0.3, -0.25) is 0 Å². The molecule has 1 atom stereocenters. The Morgan fingerprint density at radius 1 is 1.00 bits per heavy atom. The minimum Gasteiger partial charge on any atom is -0.361 e. The van der Waals surface area contributed by atoms with E-state index in [0.717, 1.165) is 13.0 Å². The lowest BCUT2D eigenvalue weighted by Crippen LogP contribution is -2.18. The molecule has 0 saturated heterocycles. The van der Waals surface area contributed by atoms with E-state index in [1.807, 2.05) is 6.20 Å². The van der Waals surface area contributed by atoms with Crippen molar-refractivity contribution in [3.63, 3.8) is 0 Å². The van der Waals surface area contributed by atoms with Gasteiger partial charge in [0, 0.05) is 24.3 Å². The average Bonchev–Trinajstić information content (AvgIpc) is 3.00. The van der Waals surface area contributed by atoms with Gasteiger partial charge in [0.1, 0.15) is 0 Å². The lowest BCUT2D eigenvalue weighted by Gasteiger charge is -2.15. The Hall–Kier alpha value is -2.06. The molecule has 1 aromatic heterocycles. The van der Waals surface area contributed by atoms with E-state index in [0.29, 0.717) is 6.04 Å². The van der Waals surface area contributed by atoms with Crippen LogP contribution in [0.3, 0.4) is 0 Å². The molecule has 0 aliphatic rings. The molecule has 0 fully saturated rings. The molecule has 0 aliphatic heterocycles. The number of hydrogen-bond donors (Lipinski definition) is 2. The number of aromatic amines is 1. The Kier molecular flexibility index (Phi) is 4.07. The molecule has 3 aromatic rings. The standard InChI is InChI=1S/C19H22N2/c1-3-15-4-7-17(8-5-15)14(2)21-13-16-6-9-18-10-11-20-19(18)12-16/h4-12,14,20-21H,3,13H2,1-2H3. The molecule has 0 radical (unpaired) electrons. The summed E-state index contributed by atoms with van der Waals surface area (Å²) in [5, 5.41) is 4.86. The maximum Gasteiger partial charge on any atom is 0.0457 e. The second kappa shape index (κ2) is 6.15. The number of rotatable bonds is 5. The summed E-state index contributed by atoms with van der Waals surface area (Å²) in [6.07, 6.45) is 3.08. The van der Waals surface area contributed by atoms with Crippen molar-refractivity contribution in [2.45, 2.75) is 32.9 Å². The van der Waals surface area contributed by atoms with E-state index in [-0.39, 0.29) is 0 Å². The molecule has 0 amide bonds. The fourth-order valence-electron chi connectivity index (χ4n) is 2.64. The van der Waals surface area contributed by atoms with E-state index in [1.165, 1.54) is 27.6 Å². The Morgan fingerprint density at radius 3 is 2.52 bits per heavy atom. The SMILES string of the molecule is CCc1ccc(C(C)NCc2ccc3cc[nH]c3c2)cc1. The van der Waals surface area contributed by atoms with Gasteiger partial charge in [-0.15, -0.1) is 0 Å². The highest BCUT2D eigenvalue weighted by atomic mass is 14.9. The lowest BCUT2D eigenvalue weighted by atomic mass is 10.0. The van der Waals surface area contributed by atoms with Gasteiger partial charge in [-0.05, 0) is 47.6 Å². The molecular weight excluding hydrogens is 256 g/mol. The van der Waals surface area contributed by atoms with Crippen LogP contribution in [0.5, 0.6) is 0 Å². The fraction of sp³-hybridized carbons (Fsp3) is 0.263. The van der Waals surface area contributed by atoms with Crippen LogP contribution in [0, 0.1) is 0 Å². The first-order valence-corrected chi connectivity index (χ1v) is 7.64. The molecule has 1 heterocycles. The van der Waals surface area contributed by atoms with Gasteiger partial charge >= 0.3 is 0 Å². The molecule has 0 spiro atoms. The molecule has 0 aliphatic carbocycles. The first-order chi connectivity index (χ1) is 10.3. The second-order valence-corrected chi connectivity index (χ2v) is 5.60. The van der Waals surface area contributed by atoms with Gasteiger partial charge in [0.05, 0.1) is 0 Å². The third-order valence-electron chi connectivity index (χ3n) is 4.12. The van der Waals surface area contributed by atoms with Crippen LogP contribution in [0.25, 0.3) is 10.9 Å². The Morgan fingerprint density at radius 2 is 1.76 bits per heavy atom. The van der Waals surface area contributed by atoms with E-state index < -0.39 is 0 Å². The van der Waals surface area contributed by atoms with Gasteiger partial charge in [0.2, 0.25) is 0 Å². The van der Waals surface area contributed by atoms with E-state index in [2.05, 4.69) is 72.7 Å². The first kappa shape index (κ1) is 13.9. The highest BCUT2D eigenvalue weighted by Gasteiger charge is 2.05. The maximum absolute atomic E-state index is 3.60. The van der Waals surface area contributed by atoms with Crippen molar-refractivity contribution in [2.75, 3.05) is 0 Å². The topological polar surface area (TPSA) is 27.8 Å². The summed E-state index contributed by atoms with van der Waals surface area (Å²) in [6, 6.07) is 17.9. The van der Waals surface area contributed by atoms with Gasteiger partial charge < -0.3 is 10.3 Å². The maximum atomic E-state index is 3.60. The lowest BCUT2D eigenvalue weighted by molar-refractivity contribution is 0.575. The predicted molar refractivity (Wildman–Crippen MR) is 89.4 cm³/mol. The van der Waals surface area contributed by atoms with Gasteiger partial charge in [-0.25, -0.2) is 0 Å². The molecule has 0 bridgehead atoms. The van der Waals surface area contributed by atoms with Crippen molar-refractivity contribution in [3.05, 3.63) is 71.4 Å². The van der Waals surface area contributed by atoms with Crippen LogP contribution in [0.15, 0.2) is 54.7 Å². The van der Waals surface area contributed by atoms with Gasteiger partial charge in [0.15, 0.2) is 0 Å². The quantitative estimate of drug-likeness (QED) is 0.702. The van der Waals surface area contributed by atoms with E-state index in [9.17, 15) is 0 Å². The normalized spacial score (nSPS) is 12.7. The summed E-state index contributed by atoms with van der Waals surface area (Å²) < 4.78 is 0. The minimum atomic E-state index is 0.357. The summed E-state index contributed by atoms with van der Waals surface area (Å²) >= 11 is 0. The Bertz CT molecular complexity index is 710. The molecule has 3 rings (SSSR count). The number of hydrogen-bond acceptors (Lipinski definition) is 1. The summed E-state index contributed by atoms with van der Waals surface area (Å²) in [5.41, 5.74) is 5.24. The molecule has 0 saturated carbocycles. The summed E-state index contributed by atoms with van der Waals surface area (Å²) in [6.45, 7) is 5.28. The van der Waals surface area contributed by atoms with Crippen molar-refractivity contribution in [1.82, 2.24) is 10.3 Å². The average molecular weight is 278 g/mol. The van der Waals surface area contributed by atoms with Crippen molar-refractivity contribution in [3.8, 4) is 0 Å². The Labute approximate surface area is 126 Å². The first-order valence-electron chi connectivity index (χ1n) is 7.64. The van der Waals surface area contributed by atoms with Gasteiger partial charge in [0.25, 0.3) is 0 Å². The van der Waals surface area contributed by atoms with Crippen LogP contribution < -0.4 is 5.32 Å². The Balaban J connectivity index is 1.65. The van der Waals surface area contributed by atoms with E-state index in [1.54, 1.807) is 0 Å². The molecule has 108 valence electrons. The number of nitrogens with one attached hydrogen (secondary N) is 2. The van der Waals surface area contributed by atoms with Crippen molar-refractivity contribution >= 4 is 10.9 Å². The molecule has 2 aromatic carbocycles. The molecular formula is C19H22N2. The zero-order chi connectivity index (χ0) is 14.7. The number of benzene rings is 2. The van der Waals surface area contributed by atoms with E-state index >= 15 is 0 Å². The summed E-state index contributed by atoms with van der Waals surface area (Å²) in [4.78, 5) is 3.26. The number of aryl methyl sites for hydroxylation is 1. The minimum absolute atomic E-state index is 0.357. The largest absolute Gasteiger partial charge is 0.361 e. The highest BCUT2D eigenvalue weighted by Crippen LogP contribution is 2.17. The molecule has 1 unspecified atom stereocenters. The summed E-state index contributed by atoms with van der Waals surface area (Å²) in [7, 11) is 0. The molecule has 21 heavy (non-hydrogen) atoms. The van der Waals surface area contributed by atoms with Crippen molar-refractivity contribution in [2.24, 2.45) is 0 Å². The van der Waals surface area contributed by atoms with Crippen LogP contribution in [-0.2, 0) is 13.0 Å². The van der Waals surface area contributed by atoms with Crippen LogP contribution >= 0.6 is 0 Å².